The Morgan fingerprint density at radius 2 is 1.71 bits per heavy atom. The number of para-hydroxylation sites is 1. The highest BCUT2D eigenvalue weighted by Gasteiger charge is 2.15. The van der Waals surface area contributed by atoms with Gasteiger partial charge in [-0.1, -0.05) is 24.3 Å². The van der Waals surface area contributed by atoms with E-state index in [1.165, 1.54) is 11.1 Å². The van der Waals surface area contributed by atoms with E-state index in [0.717, 1.165) is 25.9 Å². The highest BCUT2D eigenvalue weighted by Crippen LogP contribution is 2.19. The summed E-state index contributed by atoms with van der Waals surface area (Å²) in [4.78, 5) is 14.5. The van der Waals surface area contributed by atoms with E-state index >= 15 is 0 Å². The van der Waals surface area contributed by atoms with Gasteiger partial charge in [0.25, 0.3) is 0 Å². The van der Waals surface area contributed by atoms with Crippen LogP contribution in [0, 0.1) is 0 Å². The van der Waals surface area contributed by atoms with Crippen LogP contribution in [0.2, 0.25) is 0 Å². The molecule has 0 atom stereocenters. The van der Waals surface area contributed by atoms with Gasteiger partial charge in [-0.25, -0.2) is 4.79 Å². The molecule has 0 radical (unpaired) electrons. The van der Waals surface area contributed by atoms with E-state index in [-0.39, 0.29) is 5.97 Å². The van der Waals surface area contributed by atoms with Crippen LogP contribution in [0.15, 0.2) is 48.5 Å². The summed E-state index contributed by atoms with van der Waals surface area (Å²) in [6, 6.07) is 15.1. The van der Waals surface area contributed by atoms with E-state index in [1.807, 2.05) is 30.3 Å². The zero-order valence-electron chi connectivity index (χ0n) is 12.2. The fourth-order valence-electron chi connectivity index (χ4n) is 2.62. The number of likely N-dealkylation sites (N-methyl/N-ethyl adjacent to an activating group) is 1. The molecule has 0 fully saturated rings. The van der Waals surface area contributed by atoms with Crippen molar-refractivity contribution < 1.29 is 9.53 Å². The van der Waals surface area contributed by atoms with E-state index in [9.17, 15) is 4.79 Å². The third kappa shape index (κ3) is 3.31. The van der Waals surface area contributed by atoms with Crippen LogP contribution < -0.4 is 4.74 Å². The van der Waals surface area contributed by atoms with E-state index in [0.29, 0.717) is 11.3 Å². The Hall–Kier alpha value is -2.13. The SMILES string of the molecule is CN1CCc2ccc(C(=O)Oc3ccccc3)cc2CC1. The molecule has 108 valence electrons. The second-order valence-corrected chi connectivity index (χ2v) is 5.49. The number of benzene rings is 2. The number of esters is 1. The molecule has 1 heterocycles. The van der Waals surface area contributed by atoms with Crippen molar-refractivity contribution in [1.29, 1.82) is 0 Å². The van der Waals surface area contributed by atoms with E-state index in [4.69, 9.17) is 4.74 Å². The summed E-state index contributed by atoms with van der Waals surface area (Å²) < 4.78 is 5.39. The average Bonchev–Trinajstić information content (AvgIpc) is 2.70. The van der Waals surface area contributed by atoms with Gasteiger partial charge in [-0.05, 0) is 55.3 Å². The zero-order chi connectivity index (χ0) is 14.7. The van der Waals surface area contributed by atoms with Gasteiger partial charge in [0.1, 0.15) is 5.75 Å². The standard InChI is InChI=1S/C18H19NO2/c1-19-11-9-14-7-8-16(13-15(14)10-12-19)18(20)21-17-5-3-2-4-6-17/h2-8,13H,9-12H2,1H3. The topological polar surface area (TPSA) is 29.5 Å². The maximum atomic E-state index is 12.2. The molecular formula is C18H19NO2. The molecule has 0 amide bonds. The van der Waals surface area contributed by atoms with Crippen LogP contribution in [0.25, 0.3) is 0 Å². The predicted molar refractivity (Wildman–Crippen MR) is 82.7 cm³/mol. The van der Waals surface area contributed by atoms with Crippen molar-refractivity contribution in [1.82, 2.24) is 4.90 Å². The quantitative estimate of drug-likeness (QED) is 0.626. The number of hydrogen-bond acceptors (Lipinski definition) is 3. The second kappa shape index (κ2) is 6.10. The number of ether oxygens (including phenoxy) is 1. The summed E-state index contributed by atoms with van der Waals surface area (Å²) in [7, 11) is 2.14. The summed E-state index contributed by atoms with van der Waals surface area (Å²) >= 11 is 0. The lowest BCUT2D eigenvalue weighted by atomic mass is 10.0. The number of nitrogens with zero attached hydrogens (tertiary/aromatic N) is 1. The average molecular weight is 281 g/mol. The van der Waals surface area contributed by atoms with Crippen molar-refractivity contribution in [3.63, 3.8) is 0 Å². The molecule has 2 aromatic rings. The van der Waals surface area contributed by atoms with Gasteiger partial charge in [0, 0.05) is 13.1 Å². The fourth-order valence-corrected chi connectivity index (χ4v) is 2.62. The van der Waals surface area contributed by atoms with Crippen LogP contribution in [-0.4, -0.2) is 31.0 Å². The van der Waals surface area contributed by atoms with E-state index < -0.39 is 0 Å². The Morgan fingerprint density at radius 1 is 1.00 bits per heavy atom. The molecule has 0 bridgehead atoms. The number of fused-ring (bicyclic) bond motifs is 1. The molecule has 21 heavy (non-hydrogen) atoms. The van der Waals surface area contributed by atoms with Gasteiger partial charge >= 0.3 is 5.97 Å². The van der Waals surface area contributed by atoms with Gasteiger partial charge in [0.05, 0.1) is 5.56 Å². The van der Waals surface area contributed by atoms with Crippen LogP contribution in [0.4, 0.5) is 0 Å². The van der Waals surface area contributed by atoms with Crippen molar-refractivity contribution in [3.05, 3.63) is 65.2 Å². The molecule has 3 rings (SSSR count). The summed E-state index contributed by atoms with van der Waals surface area (Å²) in [6.45, 7) is 2.10. The lowest BCUT2D eigenvalue weighted by molar-refractivity contribution is 0.0734. The van der Waals surface area contributed by atoms with Crippen LogP contribution in [0.5, 0.6) is 5.75 Å². The molecule has 0 aliphatic carbocycles. The molecule has 0 saturated heterocycles. The van der Waals surface area contributed by atoms with Crippen molar-refractivity contribution in [3.8, 4) is 5.75 Å². The molecule has 1 aliphatic heterocycles. The van der Waals surface area contributed by atoms with Gasteiger partial charge in [-0.3, -0.25) is 0 Å². The van der Waals surface area contributed by atoms with E-state index in [2.05, 4.69) is 18.0 Å². The predicted octanol–water partition coefficient (Wildman–Crippen LogP) is 2.94. The molecule has 0 unspecified atom stereocenters. The molecule has 0 spiro atoms. The Balaban J connectivity index is 1.79. The first-order valence-corrected chi connectivity index (χ1v) is 7.30. The lowest BCUT2D eigenvalue weighted by Gasteiger charge is -2.10. The first-order valence-electron chi connectivity index (χ1n) is 7.30. The minimum Gasteiger partial charge on any atom is -0.423 e. The third-order valence-electron chi connectivity index (χ3n) is 3.92. The van der Waals surface area contributed by atoms with Crippen molar-refractivity contribution in [2.75, 3.05) is 20.1 Å². The third-order valence-corrected chi connectivity index (χ3v) is 3.92. The van der Waals surface area contributed by atoms with Crippen molar-refractivity contribution >= 4 is 5.97 Å². The Morgan fingerprint density at radius 3 is 2.48 bits per heavy atom. The summed E-state index contributed by atoms with van der Waals surface area (Å²) in [5, 5.41) is 0. The van der Waals surface area contributed by atoms with Gasteiger partial charge in [0.15, 0.2) is 0 Å². The lowest BCUT2D eigenvalue weighted by Crippen LogP contribution is -2.20. The number of rotatable bonds is 2. The minimum absolute atomic E-state index is 0.290. The Kier molecular flexibility index (Phi) is 4.02. The van der Waals surface area contributed by atoms with Crippen molar-refractivity contribution in [2.45, 2.75) is 12.8 Å². The first kappa shape index (κ1) is 13.8. The maximum Gasteiger partial charge on any atom is 0.343 e. The monoisotopic (exact) mass is 281 g/mol. The smallest absolute Gasteiger partial charge is 0.343 e. The van der Waals surface area contributed by atoms with Crippen LogP contribution in [-0.2, 0) is 12.8 Å². The van der Waals surface area contributed by atoms with Crippen LogP contribution >= 0.6 is 0 Å². The van der Waals surface area contributed by atoms with Gasteiger partial charge in [-0.15, -0.1) is 0 Å². The summed E-state index contributed by atoms with van der Waals surface area (Å²) in [5.74, 6) is 0.291. The molecule has 1 aliphatic rings. The Bertz CT molecular complexity index is 637. The molecule has 3 heteroatoms. The molecule has 0 N–H and O–H groups in total. The summed E-state index contributed by atoms with van der Waals surface area (Å²) in [5.41, 5.74) is 3.24. The molecular weight excluding hydrogens is 262 g/mol. The zero-order valence-corrected chi connectivity index (χ0v) is 12.2. The molecule has 2 aromatic carbocycles. The van der Waals surface area contributed by atoms with Crippen LogP contribution in [0.1, 0.15) is 21.5 Å². The number of hydrogen-bond donors (Lipinski definition) is 0. The number of carbonyl (C=O) groups excluding carboxylic acids is 1. The first-order chi connectivity index (χ1) is 10.2. The largest absolute Gasteiger partial charge is 0.423 e. The van der Waals surface area contributed by atoms with Gasteiger partial charge < -0.3 is 9.64 Å². The maximum absolute atomic E-state index is 12.2. The minimum atomic E-state index is -0.290. The van der Waals surface area contributed by atoms with Crippen molar-refractivity contribution in [2.24, 2.45) is 0 Å². The normalized spacial score (nSPS) is 15.1. The molecule has 0 saturated carbocycles. The summed E-state index contributed by atoms with van der Waals surface area (Å²) in [6.07, 6.45) is 2.03. The number of carbonyl (C=O) groups is 1. The van der Waals surface area contributed by atoms with Crippen LogP contribution in [0.3, 0.4) is 0 Å². The highest BCUT2D eigenvalue weighted by atomic mass is 16.5. The fraction of sp³-hybridized carbons (Fsp3) is 0.278. The van der Waals surface area contributed by atoms with E-state index in [1.54, 1.807) is 12.1 Å². The van der Waals surface area contributed by atoms with Gasteiger partial charge in [0.2, 0.25) is 0 Å². The van der Waals surface area contributed by atoms with Gasteiger partial charge in [-0.2, -0.15) is 0 Å². The molecule has 0 aromatic heterocycles. The highest BCUT2D eigenvalue weighted by molar-refractivity contribution is 5.91. The second-order valence-electron chi connectivity index (χ2n) is 5.49. The molecule has 3 nitrogen and oxygen atoms in total. The Labute approximate surface area is 125 Å².